The average Bonchev–Trinajstić information content (AvgIpc) is 2.42. The summed E-state index contributed by atoms with van der Waals surface area (Å²) in [7, 11) is 1.64. The van der Waals surface area contributed by atoms with Gasteiger partial charge in [-0.3, -0.25) is 9.69 Å². The minimum Gasteiger partial charge on any atom is -0.395 e. The molecule has 0 bridgehead atoms. The second kappa shape index (κ2) is 9.20. The Hall–Kier alpha value is -0.750. The average molecular weight is 330 g/mol. The predicted molar refractivity (Wildman–Crippen MR) is 78.5 cm³/mol. The van der Waals surface area contributed by atoms with Gasteiger partial charge in [-0.2, -0.15) is 0 Å². The zero-order valence-corrected chi connectivity index (χ0v) is 12.7. The van der Waals surface area contributed by atoms with Crippen molar-refractivity contribution in [2.45, 2.75) is 6.42 Å². The molecule has 0 saturated heterocycles. The molecule has 4 nitrogen and oxygen atoms in total. The first-order valence-electron chi connectivity index (χ1n) is 6.29. The normalized spacial score (nSPS) is 10.9. The van der Waals surface area contributed by atoms with E-state index in [2.05, 4.69) is 15.9 Å². The number of halogens is 1. The zero-order chi connectivity index (χ0) is 14.1. The number of nitrogens with zero attached hydrogens (tertiary/aromatic N) is 1. The molecule has 0 atom stereocenters. The highest BCUT2D eigenvalue weighted by Gasteiger charge is 2.11. The quantitative estimate of drug-likeness (QED) is 0.704. The van der Waals surface area contributed by atoms with E-state index in [1.807, 2.05) is 29.2 Å². The van der Waals surface area contributed by atoms with Gasteiger partial charge in [0.2, 0.25) is 0 Å². The summed E-state index contributed by atoms with van der Waals surface area (Å²) in [6, 6.07) is 7.42. The van der Waals surface area contributed by atoms with Crippen LogP contribution in [0.3, 0.4) is 0 Å². The number of carbonyl (C=O) groups excluding carboxylic acids is 1. The molecule has 1 aromatic carbocycles. The summed E-state index contributed by atoms with van der Waals surface area (Å²) >= 11 is 3.38. The number of hydrogen-bond donors (Lipinski definition) is 1. The number of Topliss-reactive ketones (excluding diaryl/α,β-unsaturated/α-hetero) is 1. The summed E-state index contributed by atoms with van der Waals surface area (Å²) in [6.45, 7) is 2.60. The van der Waals surface area contributed by atoms with Crippen LogP contribution in [0, 0.1) is 0 Å². The highest BCUT2D eigenvalue weighted by atomic mass is 79.9. The number of aliphatic hydroxyl groups is 1. The van der Waals surface area contributed by atoms with Crippen LogP contribution in [0.4, 0.5) is 0 Å². The highest BCUT2D eigenvalue weighted by Crippen LogP contribution is 2.17. The van der Waals surface area contributed by atoms with Crippen molar-refractivity contribution < 1.29 is 14.6 Å². The van der Waals surface area contributed by atoms with Crippen molar-refractivity contribution in [1.29, 1.82) is 0 Å². The SMILES string of the molecule is COCCN(CCO)CCC(=O)c1ccccc1Br. The van der Waals surface area contributed by atoms with Crippen LogP contribution >= 0.6 is 15.9 Å². The maximum atomic E-state index is 12.1. The number of rotatable bonds is 9. The van der Waals surface area contributed by atoms with E-state index < -0.39 is 0 Å². The van der Waals surface area contributed by atoms with Crippen LogP contribution in [0.25, 0.3) is 0 Å². The fourth-order valence-electron chi connectivity index (χ4n) is 1.78. The molecule has 19 heavy (non-hydrogen) atoms. The Balaban J connectivity index is 2.49. The van der Waals surface area contributed by atoms with E-state index in [1.165, 1.54) is 0 Å². The van der Waals surface area contributed by atoms with E-state index in [1.54, 1.807) is 7.11 Å². The van der Waals surface area contributed by atoms with E-state index >= 15 is 0 Å². The highest BCUT2D eigenvalue weighted by molar-refractivity contribution is 9.10. The van der Waals surface area contributed by atoms with E-state index in [9.17, 15) is 4.79 Å². The molecule has 0 aliphatic rings. The van der Waals surface area contributed by atoms with Gasteiger partial charge in [0.1, 0.15) is 0 Å². The fourth-order valence-corrected chi connectivity index (χ4v) is 2.28. The Morgan fingerprint density at radius 2 is 2.05 bits per heavy atom. The molecular weight excluding hydrogens is 310 g/mol. The zero-order valence-electron chi connectivity index (χ0n) is 11.1. The fraction of sp³-hybridized carbons (Fsp3) is 0.500. The molecule has 0 spiro atoms. The minimum atomic E-state index is 0.0902. The topological polar surface area (TPSA) is 49.8 Å². The Morgan fingerprint density at radius 1 is 1.32 bits per heavy atom. The van der Waals surface area contributed by atoms with E-state index in [4.69, 9.17) is 9.84 Å². The van der Waals surface area contributed by atoms with Gasteiger partial charge < -0.3 is 9.84 Å². The van der Waals surface area contributed by atoms with Gasteiger partial charge in [-0.25, -0.2) is 0 Å². The predicted octanol–water partition coefficient (Wildman–Crippen LogP) is 1.96. The molecule has 0 aromatic heterocycles. The summed E-state index contributed by atoms with van der Waals surface area (Å²) in [4.78, 5) is 14.1. The van der Waals surface area contributed by atoms with Gasteiger partial charge >= 0.3 is 0 Å². The number of ketones is 1. The first-order chi connectivity index (χ1) is 9.19. The van der Waals surface area contributed by atoms with Crippen LogP contribution in [0.1, 0.15) is 16.8 Å². The van der Waals surface area contributed by atoms with Crippen LogP contribution in [0.2, 0.25) is 0 Å². The van der Waals surface area contributed by atoms with Crippen LogP contribution in [0.5, 0.6) is 0 Å². The molecule has 0 unspecified atom stereocenters. The second-order valence-electron chi connectivity index (χ2n) is 4.21. The number of carbonyl (C=O) groups is 1. The number of benzene rings is 1. The lowest BCUT2D eigenvalue weighted by atomic mass is 10.1. The Labute approximate surface area is 122 Å². The number of aliphatic hydroxyl groups excluding tert-OH is 1. The van der Waals surface area contributed by atoms with Crippen molar-refractivity contribution in [3.05, 3.63) is 34.3 Å². The monoisotopic (exact) mass is 329 g/mol. The molecular formula is C14H20BrNO3. The van der Waals surface area contributed by atoms with Gasteiger partial charge in [-0.05, 0) is 6.07 Å². The van der Waals surface area contributed by atoms with Crippen molar-refractivity contribution in [2.24, 2.45) is 0 Å². The molecule has 5 heteroatoms. The smallest absolute Gasteiger partial charge is 0.165 e. The van der Waals surface area contributed by atoms with E-state index in [-0.39, 0.29) is 12.4 Å². The Morgan fingerprint density at radius 3 is 2.68 bits per heavy atom. The lowest BCUT2D eigenvalue weighted by molar-refractivity contribution is 0.0932. The summed E-state index contributed by atoms with van der Waals surface area (Å²) in [6.07, 6.45) is 0.437. The molecule has 0 aliphatic heterocycles. The van der Waals surface area contributed by atoms with Crippen molar-refractivity contribution in [3.63, 3.8) is 0 Å². The molecule has 1 aromatic rings. The molecule has 106 valence electrons. The van der Waals surface area contributed by atoms with Crippen LogP contribution in [0.15, 0.2) is 28.7 Å². The molecule has 1 rings (SSSR count). The van der Waals surface area contributed by atoms with Crippen molar-refractivity contribution in [2.75, 3.05) is 40.0 Å². The molecule has 0 saturated carbocycles. The molecule has 0 aliphatic carbocycles. The Kier molecular flexibility index (Phi) is 7.90. The van der Waals surface area contributed by atoms with Crippen molar-refractivity contribution >= 4 is 21.7 Å². The number of ether oxygens (including phenoxy) is 1. The van der Waals surface area contributed by atoms with Gasteiger partial charge in [-0.15, -0.1) is 0 Å². The minimum absolute atomic E-state index is 0.0902. The maximum Gasteiger partial charge on any atom is 0.165 e. The van der Waals surface area contributed by atoms with Crippen LogP contribution in [-0.2, 0) is 4.74 Å². The molecule has 1 N–H and O–H groups in total. The third kappa shape index (κ3) is 5.82. The lowest BCUT2D eigenvalue weighted by Gasteiger charge is -2.20. The maximum absolute atomic E-state index is 12.1. The molecule has 0 fully saturated rings. The Bertz CT molecular complexity index is 398. The molecule has 0 amide bonds. The standard InChI is InChI=1S/C14H20BrNO3/c1-19-11-9-16(8-10-17)7-6-14(18)12-4-2-3-5-13(12)15/h2-5,17H,6-11H2,1H3. The first kappa shape index (κ1) is 16.3. The summed E-state index contributed by atoms with van der Waals surface area (Å²) in [5.74, 6) is 0.104. The number of methoxy groups -OCH3 is 1. The third-order valence-corrected chi connectivity index (χ3v) is 3.55. The van der Waals surface area contributed by atoms with Crippen molar-refractivity contribution in [3.8, 4) is 0 Å². The van der Waals surface area contributed by atoms with Gasteiger partial charge in [0.15, 0.2) is 5.78 Å². The van der Waals surface area contributed by atoms with Crippen LogP contribution in [-0.4, -0.2) is 55.7 Å². The van der Waals surface area contributed by atoms with E-state index in [0.717, 1.165) is 11.0 Å². The summed E-state index contributed by atoms with van der Waals surface area (Å²) < 4.78 is 5.84. The van der Waals surface area contributed by atoms with Gasteiger partial charge in [0.05, 0.1) is 13.2 Å². The van der Waals surface area contributed by atoms with Crippen LogP contribution < -0.4 is 0 Å². The van der Waals surface area contributed by atoms with Gasteiger partial charge in [-0.1, -0.05) is 34.1 Å². The lowest BCUT2D eigenvalue weighted by Crippen LogP contribution is -2.32. The van der Waals surface area contributed by atoms with Gasteiger partial charge in [0.25, 0.3) is 0 Å². The largest absolute Gasteiger partial charge is 0.395 e. The van der Waals surface area contributed by atoms with Crippen molar-refractivity contribution in [1.82, 2.24) is 4.90 Å². The molecule has 0 radical (unpaired) electrons. The first-order valence-corrected chi connectivity index (χ1v) is 7.08. The summed E-state index contributed by atoms with van der Waals surface area (Å²) in [5.41, 5.74) is 0.707. The third-order valence-electron chi connectivity index (χ3n) is 2.86. The molecule has 0 heterocycles. The van der Waals surface area contributed by atoms with Gasteiger partial charge in [0, 0.05) is 43.2 Å². The second-order valence-corrected chi connectivity index (χ2v) is 5.07. The summed E-state index contributed by atoms with van der Waals surface area (Å²) in [5, 5.41) is 8.99. The van der Waals surface area contributed by atoms with E-state index in [0.29, 0.717) is 31.7 Å². The number of hydrogen-bond acceptors (Lipinski definition) is 4.